The molecule has 1 aromatic carbocycles. The van der Waals surface area contributed by atoms with Crippen LogP contribution in [0.1, 0.15) is 11.1 Å². The van der Waals surface area contributed by atoms with E-state index < -0.39 is 0 Å². The second kappa shape index (κ2) is 7.13. The Morgan fingerprint density at radius 3 is 2.73 bits per heavy atom. The van der Waals surface area contributed by atoms with Crippen molar-refractivity contribution in [2.24, 2.45) is 0 Å². The smallest absolute Gasteiger partial charge is 0.227 e. The van der Waals surface area contributed by atoms with Crippen molar-refractivity contribution >= 4 is 28.3 Å². The molecule has 0 atom stereocenters. The summed E-state index contributed by atoms with van der Waals surface area (Å²) in [4.78, 5) is 21.6. The fourth-order valence-corrected chi connectivity index (χ4v) is 3.90. The first kappa shape index (κ1) is 17.1. The van der Waals surface area contributed by atoms with Gasteiger partial charge in [-0.1, -0.05) is 6.07 Å². The van der Waals surface area contributed by atoms with Crippen LogP contribution in [-0.4, -0.2) is 58.3 Å². The van der Waals surface area contributed by atoms with Gasteiger partial charge in [0.25, 0.3) is 0 Å². The Balaban J connectivity index is 1.57. The lowest BCUT2D eigenvalue weighted by Crippen LogP contribution is -2.47. The van der Waals surface area contributed by atoms with Crippen LogP contribution in [0.2, 0.25) is 0 Å². The quantitative estimate of drug-likeness (QED) is 0.715. The maximum Gasteiger partial charge on any atom is 0.227 e. The number of rotatable bonds is 3. The topological polar surface area (TPSA) is 49.3 Å². The number of benzene rings is 1. The van der Waals surface area contributed by atoms with Gasteiger partial charge in [-0.2, -0.15) is 0 Å². The number of aromatic nitrogens is 2. The molecule has 1 amide bonds. The summed E-state index contributed by atoms with van der Waals surface area (Å²) in [6.07, 6.45) is 2.30. The van der Waals surface area contributed by atoms with E-state index in [1.807, 2.05) is 28.6 Å². The molecule has 1 fully saturated rings. The number of carbonyl (C=O) groups is 1. The van der Waals surface area contributed by atoms with Crippen molar-refractivity contribution < 1.29 is 4.79 Å². The molecule has 6 heteroatoms. The van der Waals surface area contributed by atoms with Crippen LogP contribution in [0.4, 0.5) is 0 Å². The Bertz CT molecular complexity index is 930. The van der Waals surface area contributed by atoms with Gasteiger partial charge in [0.1, 0.15) is 0 Å². The third-order valence-corrected chi connectivity index (χ3v) is 5.61. The molecule has 134 valence electrons. The molecule has 0 radical (unpaired) electrons. The molecular weight excluding hydrogens is 344 g/mol. The number of likely N-dealkylation sites (N-methyl/N-ethyl adjacent to an activating group) is 1. The summed E-state index contributed by atoms with van der Waals surface area (Å²) < 4.78 is 4.16. The van der Waals surface area contributed by atoms with Gasteiger partial charge in [-0.15, -0.1) is 0 Å². The predicted molar refractivity (Wildman–Crippen MR) is 105 cm³/mol. The van der Waals surface area contributed by atoms with E-state index in [0.717, 1.165) is 53.9 Å². The number of piperazine rings is 1. The van der Waals surface area contributed by atoms with Gasteiger partial charge >= 0.3 is 0 Å². The van der Waals surface area contributed by atoms with Crippen LogP contribution >= 0.6 is 11.5 Å². The number of hydrogen-bond donors (Lipinski definition) is 0. The van der Waals surface area contributed by atoms with Crippen LogP contribution < -0.4 is 0 Å². The molecule has 0 bridgehead atoms. The van der Waals surface area contributed by atoms with Crippen LogP contribution in [-0.2, 0) is 11.2 Å². The SMILES string of the molecule is Cc1cc(-c2cnsc2)nc2ccc(CC(=O)N3CCN(C)CC3)cc12. The summed E-state index contributed by atoms with van der Waals surface area (Å²) >= 11 is 1.43. The molecule has 1 saturated heterocycles. The summed E-state index contributed by atoms with van der Waals surface area (Å²) in [7, 11) is 2.10. The number of aryl methyl sites for hydroxylation is 1. The second-order valence-corrected chi connectivity index (χ2v) is 7.61. The lowest BCUT2D eigenvalue weighted by molar-refractivity contribution is -0.132. The number of fused-ring (bicyclic) bond motifs is 1. The second-order valence-electron chi connectivity index (χ2n) is 6.95. The standard InChI is InChI=1S/C20H22N4OS/c1-14-9-19(16-12-21-26-13-16)22-18-4-3-15(10-17(14)18)11-20(25)24-7-5-23(2)6-8-24/h3-4,9-10,12-13H,5-8,11H2,1-2H3. The molecule has 0 spiro atoms. The van der Waals surface area contributed by atoms with Gasteiger partial charge in [0, 0.05) is 42.5 Å². The highest BCUT2D eigenvalue weighted by Gasteiger charge is 2.19. The van der Waals surface area contributed by atoms with E-state index in [2.05, 4.69) is 35.4 Å². The van der Waals surface area contributed by atoms with Crippen molar-refractivity contribution in [3.8, 4) is 11.3 Å². The largest absolute Gasteiger partial charge is 0.340 e. The Kier molecular flexibility index (Phi) is 4.70. The zero-order chi connectivity index (χ0) is 18.1. The molecule has 1 aliphatic rings. The van der Waals surface area contributed by atoms with E-state index in [4.69, 9.17) is 4.98 Å². The van der Waals surface area contributed by atoms with Crippen molar-refractivity contribution in [1.29, 1.82) is 0 Å². The number of hydrogen-bond acceptors (Lipinski definition) is 5. The van der Waals surface area contributed by atoms with Gasteiger partial charge in [0.05, 0.1) is 23.8 Å². The van der Waals surface area contributed by atoms with Crippen LogP contribution in [0, 0.1) is 6.92 Å². The van der Waals surface area contributed by atoms with Crippen molar-refractivity contribution in [3.05, 3.63) is 47.0 Å². The Morgan fingerprint density at radius 1 is 1.19 bits per heavy atom. The molecule has 5 nitrogen and oxygen atoms in total. The highest BCUT2D eigenvalue weighted by Crippen LogP contribution is 2.26. The van der Waals surface area contributed by atoms with E-state index in [1.165, 1.54) is 17.1 Å². The first-order chi connectivity index (χ1) is 12.6. The van der Waals surface area contributed by atoms with E-state index in [0.29, 0.717) is 6.42 Å². The third kappa shape index (κ3) is 3.48. The Morgan fingerprint density at radius 2 is 2.00 bits per heavy atom. The average Bonchev–Trinajstić information content (AvgIpc) is 3.17. The molecule has 26 heavy (non-hydrogen) atoms. The van der Waals surface area contributed by atoms with Gasteiger partial charge in [0.15, 0.2) is 0 Å². The third-order valence-electron chi connectivity index (χ3n) is 5.02. The fourth-order valence-electron chi connectivity index (χ4n) is 3.37. The number of nitrogens with zero attached hydrogens (tertiary/aromatic N) is 4. The average molecular weight is 366 g/mol. The van der Waals surface area contributed by atoms with Crippen molar-refractivity contribution in [2.75, 3.05) is 33.2 Å². The van der Waals surface area contributed by atoms with E-state index in [9.17, 15) is 4.79 Å². The summed E-state index contributed by atoms with van der Waals surface area (Å²) in [5, 5.41) is 3.12. The summed E-state index contributed by atoms with van der Waals surface area (Å²) in [6, 6.07) is 8.26. The minimum absolute atomic E-state index is 0.212. The molecule has 1 aliphatic heterocycles. The summed E-state index contributed by atoms with van der Waals surface area (Å²) in [6.45, 7) is 5.64. The lowest BCUT2D eigenvalue weighted by atomic mass is 10.0. The van der Waals surface area contributed by atoms with Crippen molar-refractivity contribution in [3.63, 3.8) is 0 Å². The molecule has 0 aliphatic carbocycles. The molecule has 3 aromatic rings. The zero-order valence-electron chi connectivity index (χ0n) is 15.1. The van der Waals surface area contributed by atoms with Crippen LogP contribution in [0.3, 0.4) is 0 Å². The lowest BCUT2D eigenvalue weighted by Gasteiger charge is -2.32. The van der Waals surface area contributed by atoms with Gasteiger partial charge < -0.3 is 9.80 Å². The molecule has 0 saturated carbocycles. The number of amides is 1. The van der Waals surface area contributed by atoms with Gasteiger partial charge in [-0.25, -0.2) is 9.36 Å². The zero-order valence-corrected chi connectivity index (χ0v) is 15.9. The Hall–Kier alpha value is -2.31. The molecule has 0 N–H and O–H groups in total. The first-order valence-corrected chi connectivity index (χ1v) is 9.70. The molecule has 2 aromatic heterocycles. The van der Waals surface area contributed by atoms with Crippen LogP contribution in [0.5, 0.6) is 0 Å². The maximum atomic E-state index is 12.6. The Labute approximate surface area is 157 Å². The fraction of sp³-hybridized carbons (Fsp3) is 0.350. The van der Waals surface area contributed by atoms with Gasteiger partial charge in [-0.05, 0) is 54.8 Å². The van der Waals surface area contributed by atoms with Gasteiger partial charge in [-0.3, -0.25) is 4.79 Å². The minimum atomic E-state index is 0.212. The highest BCUT2D eigenvalue weighted by molar-refractivity contribution is 7.03. The van der Waals surface area contributed by atoms with E-state index >= 15 is 0 Å². The number of carbonyl (C=O) groups excluding carboxylic acids is 1. The maximum absolute atomic E-state index is 12.6. The van der Waals surface area contributed by atoms with Crippen LogP contribution in [0.25, 0.3) is 22.2 Å². The summed E-state index contributed by atoms with van der Waals surface area (Å²) in [5.41, 5.74) is 5.18. The van der Waals surface area contributed by atoms with Crippen molar-refractivity contribution in [1.82, 2.24) is 19.2 Å². The molecule has 3 heterocycles. The predicted octanol–water partition coefficient (Wildman–Crippen LogP) is 2.98. The normalized spacial score (nSPS) is 15.5. The van der Waals surface area contributed by atoms with E-state index in [-0.39, 0.29) is 5.91 Å². The van der Waals surface area contributed by atoms with Crippen molar-refractivity contribution in [2.45, 2.75) is 13.3 Å². The monoisotopic (exact) mass is 366 g/mol. The molecule has 4 rings (SSSR count). The molecular formula is C20H22N4OS. The van der Waals surface area contributed by atoms with E-state index in [1.54, 1.807) is 0 Å². The highest BCUT2D eigenvalue weighted by atomic mass is 32.1. The first-order valence-electron chi connectivity index (χ1n) is 8.86. The van der Waals surface area contributed by atoms with Crippen LogP contribution in [0.15, 0.2) is 35.8 Å². The minimum Gasteiger partial charge on any atom is -0.340 e. The molecule has 0 unspecified atom stereocenters. The number of pyridine rings is 1. The summed E-state index contributed by atoms with van der Waals surface area (Å²) in [5.74, 6) is 0.212. The van der Waals surface area contributed by atoms with Gasteiger partial charge in [0.2, 0.25) is 5.91 Å².